The number of hydrogen-bond donors (Lipinski definition) is 2. The predicted molar refractivity (Wildman–Crippen MR) is 126 cm³/mol. The summed E-state index contributed by atoms with van der Waals surface area (Å²) in [5, 5.41) is 10.3. The number of hydrogen-bond acceptors (Lipinski definition) is 7. The van der Waals surface area contributed by atoms with E-state index < -0.39 is 19.9 Å². The molecule has 33 heavy (non-hydrogen) atoms. The van der Waals surface area contributed by atoms with Crippen LogP contribution in [0, 0.1) is 0 Å². The monoisotopic (exact) mass is 488 g/mol. The van der Waals surface area contributed by atoms with Gasteiger partial charge in [-0.25, -0.2) is 16.8 Å². The number of amides is 1. The Labute approximate surface area is 193 Å². The van der Waals surface area contributed by atoms with Crippen LogP contribution in [0.4, 0.5) is 11.4 Å². The molecule has 3 rings (SSSR count). The number of nitrogens with one attached hydrogen (secondary N) is 2. The molecule has 11 heteroatoms. The van der Waals surface area contributed by atoms with Crippen molar-refractivity contribution in [2.24, 2.45) is 0 Å². The summed E-state index contributed by atoms with van der Waals surface area (Å²) in [5.74, 6) is -0.212. The Morgan fingerprint density at radius 3 is 2.21 bits per heavy atom. The van der Waals surface area contributed by atoms with Gasteiger partial charge in [0.2, 0.25) is 5.91 Å². The number of carbonyl (C=O) groups is 1. The number of aromatic nitrogens is 2. The number of anilines is 2. The van der Waals surface area contributed by atoms with Crippen LogP contribution in [-0.4, -0.2) is 38.7 Å². The topological polar surface area (TPSA) is 135 Å². The number of nitrogens with zero attached hydrogens (tertiary/aromatic N) is 2. The van der Waals surface area contributed by atoms with Crippen molar-refractivity contribution in [3.63, 3.8) is 0 Å². The van der Waals surface area contributed by atoms with Crippen LogP contribution in [0.3, 0.4) is 0 Å². The van der Waals surface area contributed by atoms with Crippen LogP contribution in [-0.2, 0) is 24.7 Å². The largest absolute Gasteiger partial charge is 0.326 e. The van der Waals surface area contributed by atoms with Gasteiger partial charge in [0.15, 0.2) is 14.9 Å². The van der Waals surface area contributed by atoms with Crippen LogP contribution in [0.1, 0.15) is 26.7 Å². The molecule has 0 spiro atoms. The molecule has 0 saturated heterocycles. The third kappa shape index (κ3) is 6.14. The second kappa shape index (κ2) is 10.1. The maximum Gasteiger partial charge on any atom is 0.261 e. The summed E-state index contributed by atoms with van der Waals surface area (Å²) in [7, 11) is -7.34. The Morgan fingerprint density at radius 2 is 1.61 bits per heavy atom. The van der Waals surface area contributed by atoms with E-state index in [1.54, 1.807) is 24.3 Å². The van der Waals surface area contributed by atoms with Crippen LogP contribution in [0.25, 0.3) is 11.3 Å². The summed E-state index contributed by atoms with van der Waals surface area (Å²) in [6.07, 6.45) is 1.11. The fraction of sp³-hybridized carbons (Fsp3) is 0.227. The van der Waals surface area contributed by atoms with Gasteiger partial charge in [-0.3, -0.25) is 9.52 Å². The lowest BCUT2D eigenvalue weighted by molar-refractivity contribution is -0.116. The molecule has 0 atom stereocenters. The second-order valence-electron chi connectivity index (χ2n) is 7.17. The summed E-state index contributed by atoms with van der Waals surface area (Å²) >= 11 is 0. The van der Waals surface area contributed by atoms with Crippen LogP contribution < -0.4 is 10.0 Å². The molecule has 1 aromatic heterocycles. The molecule has 0 aliphatic heterocycles. The Balaban J connectivity index is 1.77. The fourth-order valence-corrected chi connectivity index (χ4v) is 4.70. The number of sulfonamides is 1. The molecular formula is C22H24N4O5S2. The van der Waals surface area contributed by atoms with Crippen molar-refractivity contribution in [2.45, 2.75) is 36.6 Å². The molecule has 174 valence electrons. The SMILES string of the molecule is CCCC(=O)Nc1ccc(S(=O)(=O)Nc2cccc(-c3ccc(S(=O)(=O)CC)nn3)c2)cc1. The zero-order valence-electron chi connectivity index (χ0n) is 18.1. The summed E-state index contributed by atoms with van der Waals surface area (Å²) in [6, 6.07) is 15.3. The molecule has 0 unspecified atom stereocenters. The fourth-order valence-electron chi connectivity index (χ4n) is 2.91. The van der Waals surface area contributed by atoms with Crippen LogP contribution in [0.15, 0.2) is 70.6 Å². The van der Waals surface area contributed by atoms with Crippen LogP contribution in [0.5, 0.6) is 0 Å². The highest BCUT2D eigenvalue weighted by Gasteiger charge is 2.16. The van der Waals surface area contributed by atoms with Crippen molar-refractivity contribution in [3.05, 3.63) is 60.7 Å². The van der Waals surface area contributed by atoms with Crippen molar-refractivity contribution < 1.29 is 21.6 Å². The Bertz CT molecular complexity index is 1340. The van der Waals surface area contributed by atoms with Crippen molar-refractivity contribution in [3.8, 4) is 11.3 Å². The van der Waals surface area contributed by atoms with E-state index in [2.05, 4.69) is 20.2 Å². The molecular weight excluding hydrogens is 464 g/mol. The van der Waals surface area contributed by atoms with Gasteiger partial charge in [-0.15, -0.1) is 10.2 Å². The van der Waals surface area contributed by atoms with Crippen molar-refractivity contribution >= 4 is 37.1 Å². The lowest BCUT2D eigenvalue weighted by Gasteiger charge is -2.11. The van der Waals surface area contributed by atoms with Gasteiger partial charge < -0.3 is 5.32 Å². The zero-order chi connectivity index (χ0) is 24.1. The highest BCUT2D eigenvalue weighted by molar-refractivity contribution is 7.92. The average molecular weight is 489 g/mol. The van der Waals surface area contributed by atoms with Crippen molar-refractivity contribution in [1.82, 2.24) is 10.2 Å². The maximum absolute atomic E-state index is 12.8. The smallest absolute Gasteiger partial charge is 0.261 e. The molecule has 9 nitrogen and oxygen atoms in total. The van der Waals surface area contributed by atoms with Crippen LogP contribution in [0.2, 0.25) is 0 Å². The molecule has 1 heterocycles. The number of rotatable bonds is 9. The minimum Gasteiger partial charge on any atom is -0.326 e. The quantitative estimate of drug-likeness (QED) is 0.471. The molecule has 2 aromatic carbocycles. The van der Waals surface area contributed by atoms with E-state index in [9.17, 15) is 21.6 Å². The van der Waals surface area contributed by atoms with Crippen LogP contribution >= 0.6 is 0 Å². The Morgan fingerprint density at radius 1 is 0.879 bits per heavy atom. The molecule has 0 saturated carbocycles. The number of sulfone groups is 1. The highest BCUT2D eigenvalue weighted by atomic mass is 32.2. The molecule has 3 aromatic rings. The second-order valence-corrected chi connectivity index (χ2v) is 11.1. The van der Waals surface area contributed by atoms with Gasteiger partial charge in [0.05, 0.1) is 16.3 Å². The van der Waals surface area contributed by atoms with Gasteiger partial charge in [-0.1, -0.05) is 26.0 Å². The lowest BCUT2D eigenvalue weighted by atomic mass is 10.1. The molecule has 0 bridgehead atoms. The van der Waals surface area contributed by atoms with E-state index in [1.807, 2.05) is 6.92 Å². The zero-order valence-corrected chi connectivity index (χ0v) is 19.8. The summed E-state index contributed by atoms with van der Waals surface area (Å²) in [5.41, 5.74) is 1.79. The third-order valence-corrected chi connectivity index (χ3v) is 7.69. The minimum absolute atomic E-state index is 0.0373. The van der Waals surface area contributed by atoms with Gasteiger partial charge in [0.25, 0.3) is 10.0 Å². The first kappa shape index (κ1) is 24.3. The third-order valence-electron chi connectivity index (χ3n) is 4.67. The molecule has 0 aliphatic carbocycles. The van der Waals surface area contributed by atoms with E-state index in [0.717, 1.165) is 6.42 Å². The van der Waals surface area contributed by atoms with E-state index in [-0.39, 0.29) is 21.6 Å². The Hall–Kier alpha value is -3.31. The minimum atomic E-state index is -3.88. The van der Waals surface area contributed by atoms with E-state index in [4.69, 9.17) is 0 Å². The van der Waals surface area contributed by atoms with E-state index >= 15 is 0 Å². The van der Waals surface area contributed by atoms with Gasteiger partial charge >= 0.3 is 0 Å². The van der Waals surface area contributed by atoms with Crippen molar-refractivity contribution in [2.75, 3.05) is 15.8 Å². The first-order valence-corrected chi connectivity index (χ1v) is 13.4. The van der Waals surface area contributed by atoms with Gasteiger partial charge in [-0.2, -0.15) is 0 Å². The number of benzene rings is 2. The summed E-state index contributed by atoms with van der Waals surface area (Å²) < 4.78 is 51.9. The van der Waals surface area contributed by atoms with Gasteiger partial charge in [0, 0.05) is 23.4 Å². The predicted octanol–water partition coefficient (Wildman–Crippen LogP) is 3.48. The average Bonchev–Trinajstić information content (AvgIpc) is 2.79. The highest BCUT2D eigenvalue weighted by Crippen LogP contribution is 2.24. The van der Waals surface area contributed by atoms with Gasteiger partial charge in [-0.05, 0) is 55.0 Å². The van der Waals surface area contributed by atoms with E-state index in [1.165, 1.54) is 43.3 Å². The first-order chi connectivity index (χ1) is 15.6. The summed E-state index contributed by atoms with van der Waals surface area (Å²) in [4.78, 5) is 11.7. The lowest BCUT2D eigenvalue weighted by Crippen LogP contribution is -2.14. The molecule has 2 N–H and O–H groups in total. The Kier molecular flexibility index (Phi) is 7.44. The van der Waals surface area contributed by atoms with Gasteiger partial charge in [0.1, 0.15) is 0 Å². The molecule has 0 radical (unpaired) electrons. The first-order valence-electron chi connectivity index (χ1n) is 10.2. The van der Waals surface area contributed by atoms with Crippen molar-refractivity contribution in [1.29, 1.82) is 0 Å². The number of carbonyl (C=O) groups excluding carboxylic acids is 1. The normalized spacial score (nSPS) is 11.7. The molecule has 1 amide bonds. The summed E-state index contributed by atoms with van der Waals surface area (Å²) in [6.45, 7) is 3.42. The van der Waals surface area contributed by atoms with E-state index in [0.29, 0.717) is 29.1 Å². The molecule has 0 aliphatic rings. The maximum atomic E-state index is 12.8. The standard InChI is InChI=1S/C22H24N4O5S2/c1-3-6-21(27)23-17-9-11-19(12-10-17)33(30,31)26-18-8-5-7-16(15-18)20-13-14-22(25-24-20)32(28,29)4-2/h5,7-15,26H,3-4,6H2,1-2H3,(H,23,27). The molecule has 0 fully saturated rings.